The lowest BCUT2D eigenvalue weighted by molar-refractivity contribution is 0.101. The number of hydrogen-bond donors (Lipinski definition) is 0. The third-order valence-corrected chi connectivity index (χ3v) is 4.16. The van der Waals surface area contributed by atoms with Crippen LogP contribution in [0.4, 0.5) is 0 Å². The highest BCUT2D eigenvalue weighted by Crippen LogP contribution is 2.28. The predicted octanol–water partition coefficient (Wildman–Crippen LogP) is 5.14. The van der Waals surface area contributed by atoms with Crippen LogP contribution in [-0.2, 0) is 0 Å². The first-order chi connectivity index (χ1) is 8.66. The standard InChI is InChI=1S/C14H10Br2OS/c15-14(16)13(17)10-6-8-12(9-7-10)18-11-4-2-1-3-5-11/h1-9,14H. The van der Waals surface area contributed by atoms with Gasteiger partial charge in [0, 0.05) is 15.4 Å². The second kappa shape index (κ2) is 6.55. The van der Waals surface area contributed by atoms with Crippen molar-refractivity contribution in [3.63, 3.8) is 0 Å². The number of alkyl halides is 2. The summed E-state index contributed by atoms with van der Waals surface area (Å²) >= 11 is 8.10. The van der Waals surface area contributed by atoms with Crippen LogP contribution >= 0.6 is 43.6 Å². The van der Waals surface area contributed by atoms with E-state index in [1.807, 2.05) is 42.5 Å². The Hall–Kier alpha value is -0.580. The summed E-state index contributed by atoms with van der Waals surface area (Å²) in [5.41, 5.74) is 0.700. The third-order valence-electron chi connectivity index (χ3n) is 2.32. The summed E-state index contributed by atoms with van der Waals surface area (Å²) in [6.07, 6.45) is 0. The van der Waals surface area contributed by atoms with Gasteiger partial charge >= 0.3 is 0 Å². The molecule has 2 aromatic carbocycles. The minimum Gasteiger partial charge on any atom is -0.292 e. The third kappa shape index (κ3) is 3.70. The molecule has 0 aliphatic rings. The van der Waals surface area contributed by atoms with Gasteiger partial charge in [0.2, 0.25) is 0 Å². The normalized spacial score (nSPS) is 10.6. The lowest BCUT2D eigenvalue weighted by Gasteiger charge is -2.04. The molecule has 0 aliphatic carbocycles. The van der Waals surface area contributed by atoms with Crippen LogP contribution in [0.15, 0.2) is 64.4 Å². The van der Waals surface area contributed by atoms with E-state index >= 15 is 0 Å². The van der Waals surface area contributed by atoms with Crippen LogP contribution in [0.3, 0.4) is 0 Å². The van der Waals surface area contributed by atoms with Gasteiger partial charge in [-0.3, -0.25) is 4.79 Å². The Kier molecular flexibility index (Phi) is 5.03. The zero-order valence-corrected chi connectivity index (χ0v) is 13.3. The Morgan fingerprint density at radius 3 is 2.00 bits per heavy atom. The molecule has 4 heteroatoms. The Bertz CT molecular complexity index is 523. The van der Waals surface area contributed by atoms with Crippen molar-refractivity contribution < 1.29 is 4.79 Å². The molecule has 0 heterocycles. The number of hydrogen-bond acceptors (Lipinski definition) is 2. The summed E-state index contributed by atoms with van der Waals surface area (Å²) in [7, 11) is 0. The van der Waals surface area contributed by atoms with Crippen LogP contribution in [0.1, 0.15) is 10.4 Å². The molecule has 0 aliphatic heterocycles. The molecule has 0 saturated heterocycles. The predicted molar refractivity (Wildman–Crippen MR) is 83.0 cm³/mol. The van der Waals surface area contributed by atoms with Crippen LogP contribution in [0.2, 0.25) is 0 Å². The first kappa shape index (κ1) is 13.8. The van der Waals surface area contributed by atoms with Gasteiger partial charge in [-0.15, -0.1) is 0 Å². The highest BCUT2D eigenvalue weighted by molar-refractivity contribution is 9.25. The molecule has 0 N–H and O–H groups in total. The summed E-state index contributed by atoms with van der Waals surface area (Å²) in [5, 5.41) is 0. The highest BCUT2D eigenvalue weighted by atomic mass is 79.9. The number of ketones is 1. The number of halogens is 2. The number of benzene rings is 2. The summed E-state index contributed by atoms with van der Waals surface area (Å²) in [5.74, 6) is 0.0336. The van der Waals surface area contributed by atoms with Crippen molar-refractivity contribution in [1.29, 1.82) is 0 Å². The van der Waals surface area contributed by atoms with Crippen molar-refractivity contribution in [2.75, 3.05) is 0 Å². The maximum Gasteiger partial charge on any atom is 0.187 e. The molecular weight excluding hydrogens is 376 g/mol. The van der Waals surface area contributed by atoms with Gasteiger partial charge in [-0.05, 0) is 24.3 Å². The molecule has 0 radical (unpaired) electrons. The Labute approximate surface area is 127 Å². The van der Waals surface area contributed by atoms with Crippen LogP contribution < -0.4 is 0 Å². The molecule has 2 aromatic rings. The van der Waals surface area contributed by atoms with Gasteiger partial charge in [0.25, 0.3) is 0 Å². The first-order valence-corrected chi connectivity index (χ1v) is 7.97. The number of Topliss-reactive ketones (excluding diaryl/α,β-unsaturated/α-hetero) is 1. The van der Waals surface area contributed by atoms with E-state index in [0.29, 0.717) is 5.56 Å². The van der Waals surface area contributed by atoms with Crippen molar-refractivity contribution in [3.05, 3.63) is 60.2 Å². The molecule has 0 saturated carbocycles. The molecule has 0 unspecified atom stereocenters. The Balaban J connectivity index is 2.11. The van der Waals surface area contributed by atoms with E-state index in [0.717, 1.165) is 4.90 Å². The monoisotopic (exact) mass is 384 g/mol. The van der Waals surface area contributed by atoms with Crippen LogP contribution in [0.5, 0.6) is 0 Å². The molecule has 0 aromatic heterocycles. The van der Waals surface area contributed by atoms with E-state index in [-0.39, 0.29) is 9.52 Å². The minimum atomic E-state index is -0.322. The molecule has 0 fully saturated rings. The molecule has 18 heavy (non-hydrogen) atoms. The summed E-state index contributed by atoms with van der Waals surface area (Å²) in [6.45, 7) is 0. The molecular formula is C14H10Br2OS. The maximum atomic E-state index is 11.7. The van der Waals surface area contributed by atoms with Gasteiger partial charge in [-0.1, -0.05) is 74.0 Å². The minimum absolute atomic E-state index is 0.0336. The van der Waals surface area contributed by atoms with Gasteiger partial charge in [-0.25, -0.2) is 0 Å². The second-order valence-corrected chi connectivity index (χ2v) is 7.81. The van der Waals surface area contributed by atoms with E-state index in [2.05, 4.69) is 44.0 Å². The van der Waals surface area contributed by atoms with Crippen LogP contribution in [0.25, 0.3) is 0 Å². The molecule has 1 nitrogen and oxygen atoms in total. The lowest BCUT2D eigenvalue weighted by Crippen LogP contribution is -2.06. The Morgan fingerprint density at radius 2 is 1.44 bits per heavy atom. The van der Waals surface area contributed by atoms with Gasteiger partial charge in [0.05, 0.1) is 0 Å². The quantitative estimate of drug-likeness (QED) is 0.535. The molecule has 0 amide bonds. The fourth-order valence-electron chi connectivity index (χ4n) is 1.44. The number of carbonyl (C=O) groups is 1. The zero-order chi connectivity index (χ0) is 13.0. The van der Waals surface area contributed by atoms with E-state index in [9.17, 15) is 4.79 Å². The van der Waals surface area contributed by atoms with E-state index in [1.54, 1.807) is 11.8 Å². The smallest absolute Gasteiger partial charge is 0.187 e. The van der Waals surface area contributed by atoms with Crippen LogP contribution in [0, 0.1) is 0 Å². The van der Waals surface area contributed by atoms with Crippen molar-refractivity contribution >= 4 is 49.4 Å². The van der Waals surface area contributed by atoms with Gasteiger partial charge < -0.3 is 0 Å². The fourth-order valence-corrected chi connectivity index (χ4v) is 2.80. The van der Waals surface area contributed by atoms with Gasteiger partial charge in [0.15, 0.2) is 5.78 Å². The molecule has 0 spiro atoms. The lowest BCUT2D eigenvalue weighted by atomic mass is 10.2. The topological polar surface area (TPSA) is 17.1 Å². The van der Waals surface area contributed by atoms with Crippen LogP contribution in [-0.4, -0.2) is 9.52 Å². The summed E-state index contributed by atoms with van der Waals surface area (Å²) in [6, 6.07) is 17.8. The second-order valence-electron chi connectivity index (χ2n) is 3.60. The average molecular weight is 386 g/mol. The molecule has 0 atom stereocenters. The highest BCUT2D eigenvalue weighted by Gasteiger charge is 2.12. The largest absolute Gasteiger partial charge is 0.292 e. The molecule has 92 valence electrons. The fraction of sp³-hybridized carbons (Fsp3) is 0.0714. The van der Waals surface area contributed by atoms with Crippen molar-refractivity contribution in [2.45, 2.75) is 13.5 Å². The van der Waals surface area contributed by atoms with Crippen molar-refractivity contribution in [3.8, 4) is 0 Å². The van der Waals surface area contributed by atoms with Gasteiger partial charge in [-0.2, -0.15) is 0 Å². The number of rotatable bonds is 4. The number of carbonyl (C=O) groups excluding carboxylic acids is 1. The first-order valence-electron chi connectivity index (χ1n) is 5.32. The maximum absolute atomic E-state index is 11.7. The zero-order valence-electron chi connectivity index (χ0n) is 9.35. The Morgan fingerprint density at radius 1 is 0.889 bits per heavy atom. The SMILES string of the molecule is O=C(c1ccc(Sc2ccccc2)cc1)C(Br)Br. The summed E-state index contributed by atoms with van der Waals surface area (Å²) < 4.78 is -0.322. The summed E-state index contributed by atoms with van der Waals surface area (Å²) in [4.78, 5) is 14.0. The van der Waals surface area contributed by atoms with Crippen molar-refractivity contribution in [2.24, 2.45) is 0 Å². The van der Waals surface area contributed by atoms with E-state index in [1.165, 1.54) is 4.90 Å². The molecule has 0 bridgehead atoms. The van der Waals surface area contributed by atoms with Gasteiger partial charge in [0.1, 0.15) is 3.74 Å². The van der Waals surface area contributed by atoms with E-state index < -0.39 is 0 Å². The molecule has 2 rings (SSSR count). The average Bonchev–Trinajstić information content (AvgIpc) is 2.40. The van der Waals surface area contributed by atoms with Crippen molar-refractivity contribution in [1.82, 2.24) is 0 Å². The van der Waals surface area contributed by atoms with E-state index in [4.69, 9.17) is 0 Å².